The maximum atomic E-state index is 4.23. The first-order valence-corrected chi connectivity index (χ1v) is 8.12. The zero-order chi connectivity index (χ0) is 15.6. The van der Waals surface area contributed by atoms with E-state index >= 15 is 0 Å². The van der Waals surface area contributed by atoms with Gasteiger partial charge in [-0.05, 0) is 53.3 Å². The fraction of sp³-hybridized carbons (Fsp3) is 0.588. The Bertz CT molecular complexity index is 603. The highest BCUT2D eigenvalue weighted by molar-refractivity contribution is 5.55. The van der Waals surface area contributed by atoms with Crippen molar-refractivity contribution in [1.29, 1.82) is 0 Å². The highest BCUT2D eigenvalue weighted by atomic mass is 15.5. The van der Waals surface area contributed by atoms with E-state index < -0.39 is 0 Å². The molecule has 3 rings (SSSR count). The van der Waals surface area contributed by atoms with Crippen LogP contribution in [-0.2, 0) is 12.0 Å². The first-order chi connectivity index (χ1) is 10.5. The van der Waals surface area contributed by atoms with E-state index in [1.165, 1.54) is 18.4 Å². The van der Waals surface area contributed by atoms with E-state index in [-0.39, 0.29) is 5.41 Å². The molecule has 0 spiro atoms. The fourth-order valence-corrected chi connectivity index (χ4v) is 2.96. The van der Waals surface area contributed by atoms with Crippen molar-refractivity contribution in [2.75, 3.05) is 13.1 Å². The van der Waals surface area contributed by atoms with Gasteiger partial charge in [-0.2, -0.15) is 0 Å². The van der Waals surface area contributed by atoms with E-state index in [1.54, 1.807) is 0 Å². The number of rotatable bonds is 3. The zero-order valence-corrected chi connectivity index (χ0v) is 13.7. The lowest BCUT2D eigenvalue weighted by molar-refractivity contribution is 0.320. The van der Waals surface area contributed by atoms with Gasteiger partial charge in [0.05, 0.1) is 0 Å². The summed E-state index contributed by atoms with van der Waals surface area (Å²) in [7, 11) is 0. The Morgan fingerprint density at radius 2 is 1.82 bits per heavy atom. The minimum absolute atomic E-state index is 0.166. The Balaban J connectivity index is 1.79. The molecular formula is C17H25N5. The van der Waals surface area contributed by atoms with Gasteiger partial charge >= 0.3 is 0 Å². The van der Waals surface area contributed by atoms with E-state index in [0.29, 0.717) is 5.92 Å². The van der Waals surface area contributed by atoms with E-state index in [4.69, 9.17) is 0 Å². The van der Waals surface area contributed by atoms with Gasteiger partial charge in [0.15, 0.2) is 5.82 Å². The summed E-state index contributed by atoms with van der Waals surface area (Å²) in [6, 6.07) is 8.62. The Morgan fingerprint density at radius 3 is 2.45 bits per heavy atom. The number of nitrogens with zero attached hydrogens (tertiary/aromatic N) is 4. The van der Waals surface area contributed by atoms with Gasteiger partial charge in [0.1, 0.15) is 0 Å². The van der Waals surface area contributed by atoms with Crippen molar-refractivity contribution in [3.8, 4) is 11.4 Å². The summed E-state index contributed by atoms with van der Waals surface area (Å²) in [6.45, 7) is 9.78. The second kappa shape index (κ2) is 6.16. The van der Waals surface area contributed by atoms with Gasteiger partial charge in [-0.1, -0.05) is 45.0 Å². The largest absolute Gasteiger partial charge is 0.317 e. The van der Waals surface area contributed by atoms with Crippen molar-refractivity contribution in [1.82, 2.24) is 25.5 Å². The lowest BCUT2D eigenvalue weighted by Gasteiger charge is -2.22. The third-order valence-corrected chi connectivity index (χ3v) is 4.43. The van der Waals surface area contributed by atoms with Crippen LogP contribution in [0.2, 0.25) is 0 Å². The van der Waals surface area contributed by atoms with Gasteiger partial charge in [-0.15, -0.1) is 5.10 Å². The lowest BCUT2D eigenvalue weighted by Crippen LogP contribution is -2.30. The average Bonchev–Trinajstić information content (AvgIpc) is 2.96. The molecule has 1 saturated heterocycles. The van der Waals surface area contributed by atoms with Crippen LogP contribution in [0.15, 0.2) is 24.3 Å². The van der Waals surface area contributed by atoms with E-state index in [2.05, 4.69) is 65.9 Å². The molecule has 5 heteroatoms. The molecule has 0 unspecified atom stereocenters. The van der Waals surface area contributed by atoms with Gasteiger partial charge in [0.2, 0.25) is 0 Å². The number of tetrazole rings is 1. The van der Waals surface area contributed by atoms with Crippen LogP contribution in [0.4, 0.5) is 0 Å². The number of nitrogens with one attached hydrogen (secondary N) is 1. The van der Waals surface area contributed by atoms with Gasteiger partial charge in [0, 0.05) is 12.1 Å². The molecule has 1 aromatic carbocycles. The van der Waals surface area contributed by atoms with Crippen molar-refractivity contribution in [2.24, 2.45) is 5.92 Å². The first-order valence-electron chi connectivity index (χ1n) is 8.12. The maximum Gasteiger partial charge on any atom is 0.182 e. The molecule has 2 heterocycles. The predicted octanol–water partition coefficient (Wildman–Crippen LogP) is 2.64. The molecular weight excluding hydrogens is 274 g/mol. The standard InChI is InChI=1S/C17H25N5/c1-17(2,3)15-6-4-14(5-7-15)16-19-20-21-22(16)12-13-8-10-18-11-9-13/h4-7,13,18H,8-12H2,1-3H3. The summed E-state index contributed by atoms with van der Waals surface area (Å²) in [6.07, 6.45) is 2.39. The van der Waals surface area contributed by atoms with Crippen molar-refractivity contribution in [3.63, 3.8) is 0 Å². The Hall–Kier alpha value is -1.75. The quantitative estimate of drug-likeness (QED) is 0.946. The summed E-state index contributed by atoms with van der Waals surface area (Å²) in [5, 5.41) is 15.7. The maximum absolute atomic E-state index is 4.23. The fourth-order valence-electron chi connectivity index (χ4n) is 2.96. The topological polar surface area (TPSA) is 55.6 Å². The molecule has 0 aliphatic carbocycles. The van der Waals surface area contributed by atoms with Crippen molar-refractivity contribution >= 4 is 0 Å². The average molecular weight is 299 g/mol. The SMILES string of the molecule is CC(C)(C)c1ccc(-c2nnnn2CC2CCNCC2)cc1. The molecule has 0 radical (unpaired) electrons. The molecule has 22 heavy (non-hydrogen) atoms. The second-order valence-corrected chi connectivity index (χ2v) is 7.21. The molecule has 118 valence electrons. The number of hydrogen-bond donors (Lipinski definition) is 1. The van der Waals surface area contributed by atoms with Gasteiger partial charge < -0.3 is 5.32 Å². The molecule has 1 aliphatic heterocycles. The molecule has 0 amide bonds. The summed E-state index contributed by atoms with van der Waals surface area (Å²) in [4.78, 5) is 0. The third kappa shape index (κ3) is 3.35. The summed E-state index contributed by atoms with van der Waals surface area (Å²) in [5.41, 5.74) is 2.58. The molecule has 5 nitrogen and oxygen atoms in total. The van der Waals surface area contributed by atoms with Crippen molar-refractivity contribution in [2.45, 2.75) is 45.6 Å². The van der Waals surface area contributed by atoms with Crippen LogP contribution in [0.3, 0.4) is 0 Å². The van der Waals surface area contributed by atoms with Gasteiger partial charge in [-0.3, -0.25) is 0 Å². The van der Waals surface area contributed by atoms with Crippen molar-refractivity contribution < 1.29 is 0 Å². The van der Waals surface area contributed by atoms with E-state index in [0.717, 1.165) is 31.0 Å². The molecule has 1 fully saturated rings. The molecule has 1 aromatic heterocycles. The van der Waals surface area contributed by atoms with Gasteiger partial charge in [-0.25, -0.2) is 4.68 Å². The molecule has 1 N–H and O–H groups in total. The minimum atomic E-state index is 0.166. The predicted molar refractivity (Wildman–Crippen MR) is 87.5 cm³/mol. The van der Waals surface area contributed by atoms with Gasteiger partial charge in [0.25, 0.3) is 0 Å². The van der Waals surface area contributed by atoms with Crippen LogP contribution in [0, 0.1) is 5.92 Å². The van der Waals surface area contributed by atoms with Crippen LogP contribution < -0.4 is 5.32 Å². The zero-order valence-electron chi connectivity index (χ0n) is 13.7. The Morgan fingerprint density at radius 1 is 1.14 bits per heavy atom. The summed E-state index contributed by atoms with van der Waals surface area (Å²) in [5.74, 6) is 1.54. The second-order valence-electron chi connectivity index (χ2n) is 7.21. The smallest absolute Gasteiger partial charge is 0.182 e. The number of benzene rings is 1. The Labute approximate surface area is 132 Å². The van der Waals surface area contributed by atoms with Crippen LogP contribution in [0.1, 0.15) is 39.2 Å². The van der Waals surface area contributed by atoms with E-state index in [9.17, 15) is 0 Å². The lowest BCUT2D eigenvalue weighted by atomic mass is 9.86. The van der Waals surface area contributed by atoms with Crippen LogP contribution in [0.5, 0.6) is 0 Å². The number of hydrogen-bond acceptors (Lipinski definition) is 4. The molecule has 0 atom stereocenters. The van der Waals surface area contributed by atoms with Crippen LogP contribution >= 0.6 is 0 Å². The Kier molecular flexibility index (Phi) is 4.25. The van der Waals surface area contributed by atoms with Crippen LogP contribution in [-0.4, -0.2) is 33.3 Å². The monoisotopic (exact) mass is 299 g/mol. The highest BCUT2D eigenvalue weighted by Crippen LogP contribution is 2.25. The summed E-state index contributed by atoms with van der Waals surface area (Å²) >= 11 is 0. The summed E-state index contributed by atoms with van der Waals surface area (Å²) < 4.78 is 1.96. The van der Waals surface area contributed by atoms with E-state index in [1.807, 2.05) is 4.68 Å². The third-order valence-electron chi connectivity index (χ3n) is 4.43. The minimum Gasteiger partial charge on any atom is -0.317 e. The normalized spacial score (nSPS) is 16.9. The first kappa shape index (κ1) is 15.2. The number of piperidine rings is 1. The number of aromatic nitrogens is 4. The molecule has 0 bridgehead atoms. The van der Waals surface area contributed by atoms with Crippen molar-refractivity contribution in [3.05, 3.63) is 29.8 Å². The highest BCUT2D eigenvalue weighted by Gasteiger charge is 2.18. The molecule has 2 aromatic rings. The molecule has 1 aliphatic rings. The van der Waals surface area contributed by atoms with Crippen LogP contribution in [0.25, 0.3) is 11.4 Å². The molecule has 0 saturated carbocycles.